The third kappa shape index (κ3) is 3.98. The summed E-state index contributed by atoms with van der Waals surface area (Å²) in [4.78, 5) is 17.4. The first-order chi connectivity index (χ1) is 10.3. The molecule has 2 aliphatic heterocycles. The van der Waals surface area contributed by atoms with E-state index in [0.717, 1.165) is 58.2 Å². The molecular formula is C17H30N2O2. The van der Waals surface area contributed by atoms with Crippen molar-refractivity contribution in [2.75, 3.05) is 39.4 Å². The van der Waals surface area contributed by atoms with Gasteiger partial charge in [-0.25, -0.2) is 0 Å². The molecule has 0 bridgehead atoms. The van der Waals surface area contributed by atoms with Crippen molar-refractivity contribution in [2.24, 2.45) is 5.92 Å². The van der Waals surface area contributed by atoms with Crippen LogP contribution in [0.2, 0.25) is 0 Å². The molecule has 21 heavy (non-hydrogen) atoms. The van der Waals surface area contributed by atoms with Gasteiger partial charge in [-0.3, -0.25) is 9.69 Å². The summed E-state index contributed by atoms with van der Waals surface area (Å²) < 4.78 is 5.38. The van der Waals surface area contributed by atoms with Crippen molar-refractivity contribution in [1.29, 1.82) is 0 Å². The van der Waals surface area contributed by atoms with E-state index >= 15 is 0 Å². The highest BCUT2D eigenvalue weighted by atomic mass is 16.5. The summed E-state index contributed by atoms with van der Waals surface area (Å²) >= 11 is 0. The van der Waals surface area contributed by atoms with E-state index in [1.54, 1.807) is 0 Å². The van der Waals surface area contributed by atoms with E-state index in [1.165, 1.54) is 38.6 Å². The molecule has 120 valence electrons. The number of carbonyl (C=O) groups is 1. The van der Waals surface area contributed by atoms with Crippen LogP contribution in [0.5, 0.6) is 0 Å². The van der Waals surface area contributed by atoms with Crippen LogP contribution in [-0.4, -0.2) is 61.1 Å². The molecule has 0 N–H and O–H groups in total. The van der Waals surface area contributed by atoms with Crippen LogP contribution >= 0.6 is 0 Å². The lowest BCUT2D eigenvalue weighted by Crippen LogP contribution is -2.42. The molecule has 0 aromatic heterocycles. The van der Waals surface area contributed by atoms with E-state index in [2.05, 4.69) is 9.80 Å². The second-order valence-electron chi connectivity index (χ2n) is 6.89. The van der Waals surface area contributed by atoms with E-state index in [4.69, 9.17) is 4.74 Å². The maximum Gasteiger partial charge on any atom is 0.225 e. The first kappa shape index (κ1) is 15.3. The van der Waals surface area contributed by atoms with Gasteiger partial charge in [0.05, 0.1) is 0 Å². The van der Waals surface area contributed by atoms with Gasteiger partial charge in [0.1, 0.15) is 0 Å². The molecule has 2 saturated heterocycles. The molecule has 3 aliphatic rings. The summed E-state index contributed by atoms with van der Waals surface area (Å²) in [5, 5.41) is 0. The number of amides is 1. The minimum Gasteiger partial charge on any atom is -0.381 e. The summed E-state index contributed by atoms with van der Waals surface area (Å²) in [5.41, 5.74) is 0. The Morgan fingerprint density at radius 2 is 1.57 bits per heavy atom. The fraction of sp³-hybridized carbons (Fsp3) is 0.941. The Morgan fingerprint density at radius 3 is 2.33 bits per heavy atom. The van der Waals surface area contributed by atoms with Crippen molar-refractivity contribution in [3.8, 4) is 0 Å². The maximum atomic E-state index is 12.6. The van der Waals surface area contributed by atoms with E-state index in [0.29, 0.717) is 5.91 Å². The van der Waals surface area contributed by atoms with Gasteiger partial charge in [0.15, 0.2) is 0 Å². The van der Waals surface area contributed by atoms with Crippen molar-refractivity contribution in [3.63, 3.8) is 0 Å². The van der Waals surface area contributed by atoms with Crippen molar-refractivity contribution in [1.82, 2.24) is 9.80 Å². The molecule has 0 spiro atoms. The lowest BCUT2D eigenvalue weighted by molar-refractivity contribution is -0.138. The molecule has 4 heteroatoms. The fourth-order valence-corrected chi connectivity index (χ4v) is 4.17. The van der Waals surface area contributed by atoms with Gasteiger partial charge >= 0.3 is 0 Å². The highest BCUT2D eigenvalue weighted by Crippen LogP contribution is 2.24. The van der Waals surface area contributed by atoms with Gasteiger partial charge < -0.3 is 9.64 Å². The molecule has 1 amide bonds. The summed E-state index contributed by atoms with van der Waals surface area (Å²) in [6.07, 6.45) is 9.92. The Labute approximate surface area is 128 Å². The third-order valence-electron chi connectivity index (χ3n) is 5.50. The molecule has 2 heterocycles. The second-order valence-corrected chi connectivity index (χ2v) is 6.89. The highest BCUT2D eigenvalue weighted by Gasteiger charge is 2.29. The highest BCUT2D eigenvalue weighted by molar-refractivity contribution is 5.79. The lowest BCUT2D eigenvalue weighted by atomic mass is 9.94. The Morgan fingerprint density at radius 1 is 0.810 bits per heavy atom. The van der Waals surface area contributed by atoms with Gasteiger partial charge in [-0.2, -0.15) is 0 Å². The SMILES string of the molecule is O=C(C1CCOCC1)N1CCCN(C2CCCCC2)CC1. The molecule has 0 unspecified atom stereocenters. The quantitative estimate of drug-likeness (QED) is 0.783. The molecule has 0 atom stereocenters. The number of ether oxygens (including phenoxy) is 1. The van der Waals surface area contributed by atoms with Gasteiger partial charge in [0.2, 0.25) is 5.91 Å². The van der Waals surface area contributed by atoms with Gasteiger partial charge in [0, 0.05) is 51.4 Å². The summed E-state index contributed by atoms with van der Waals surface area (Å²) in [7, 11) is 0. The zero-order valence-corrected chi connectivity index (χ0v) is 13.3. The fourth-order valence-electron chi connectivity index (χ4n) is 4.17. The van der Waals surface area contributed by atoms with E-state index < -0.39 is 0 Å². The Balaban J connectivity index is 1.51. The third-order valence-corrected chi connectivity index (χ3v) is 5.50. The van der Waals surface area contributed by atoms with E-state index in [9.17, 15) is 4.79 Å². The zero-order chi connectivity index (χ0) is 14.5. The molecule has 1 saturated carbocycles. The molecule has 4 nitrogen and oxygen atoms in total. The van der Waals surface area contributed by atoms with Gasteiger partial charge in [0.25, 0.3) is 0 Å². The number of carbonyl (C=O) groups excluding carboxylic acids is 1. The van der Waals surface area contributed by atoms with E-state index in [1.807, 2.05) is 0 Å². The molecular weight excluding hydrogens is 264 g/mol. The Hall–Kier alpha value is -0.610. The normalized spacial score (nSPS) is 27.5. The summed E-state index contributed by atoms with van der Waals surface area (Å²) in [6.45, 7) is 5.69. The topological polar surface area (TPSA) is 32.8 Å². The monoisotopic (exact) mass is 294 g/mol. The number of nitrogens with zero attached hydrogens (tertiary/aromatic N) is 2. The zero-order valence-electron chi connectivity index (χ0n) is 13.3. The minimum absolute atomic E-state index is 0.222. The molecule has 3 rings (SSSR count). The second kappa shape index (κ2) is 7.59. The van der Waals surface area contributed by atoms with Gasteiger partial charge in [-0.05, 0) is 32.1 Å². The average Bonchev–Trinajstić information content (AvgIpc) is 2.82. The molecule has 3 fully saturated rings. The molecule has 0 radical (unpaired) electrons. The van der Waals surface area contributed by atoms with Crippen molar-refractivity contribution < 1.29 is 9.53 Å². The smallest absolute Gasteiger partial charge is 0.225 e. The number of rotatable bonds is 2. The Bertz CT molecular complexity index is 336. The van der Waals surface area contributed by atoms with Crippen molar-refractivity contribution in [3.05, 3.63) is 0 Å². The van der Waals surface area contributed by atoms with E-state index in [-0.39, 0.29) is 5.92 Å². The molecule has 1 aliphatic carbocycles. The number of hydrogen-bond acceptors (Lipinski definition) is 3. The van der Waals surface area contributed by atoms with Crippen molar-refractivity contribution >= 4 is 5.91 Å². The lowest BCUT2D eigenvalue weighted by Gasteiger charge is -2.33. The van der Waals surface area contributed by atoms with Crippen molar-refractivity contribution in [2.45, 2.75) is 57.4 Å². The van der Waals surface area contributed by atoms with Crippen LogP contribution in [0.25, 0.3) is 0 Å². The van der Waals surface area contributed by atoms with Crippen LogP contribution in [0.15, 0.2) is 0 Å². The van der Waals surface area contributed by atoms with Crippen LogP contribution in [0.3, 0.4) is 0 Å². The van der Waals surface area contributed by atoms with Crippen LogP contribution in [0.1, 0.15) is 51.4 Å². The van der Waals surface area contributed by atoms with Gasteiger partial charge in [-0.15, -0.1) is 0 Å². The van der Waals surface area contributed by atoms with Gasteiger partial charge in [-0.1, -0.05) is 19.3 Å². The number of hydrogen-bond donors (Lipinski definition) is 0. The largest absolute Gasteiger partial charge is 0.381 e. The predicted octanol–water partition coefficient (Wildman–Crippen LogP) is 2.28. The standard InChI is InChI=1S/C17H30N2O2/c20-17(15-7-13-21-14-8-15)19-10-4-9-18(11-12-19)16-5-2-1-3-6-16/h15-16H,1-14H2. The average molecular weight is 294 g/mol. The molecule has 0 aromatic carbocycles. The summed E-state index contributed by atoms with van der Waals surface area (Å²) in [6, 6.07) is 0.789. The predicted molar refractivity (Wildman–Crippen MR) is 83.2 cm³/mol. The Kier molecular flexibility index (Phi) is 5.53. The molecule has 0 aromatic rings. The van der Waals surface area contributed by atoms with Crippen LogP contribution in [0, 0.1) is 5.92 Å². The summed E-state index contributed by atoms with van der Waals surface area (Å²) in [5.74, 6) is 0.615. The first-order valence-electron chi connectivity index (χ1n) is 8.95. The van der Waals surface area contributed by atoms with Crippen LogP contribution in [-0.2, 0) is 9.53 Å². The minimum atomic E-state index is 0.222. The first-order valence-corrected chi connectivity index (χ1v) is 8.95. The van der Waals surface area contributed by atoms with Crippen LogP contribution in [0.4, 0.5) is 0 Å². The maximum absolute atomic E-state index is 12.6. The van der Waals surface area contributed by atoms with Crippen LogP contribution < -0.4 is 0 Å².